The molecule has 0 aliphatic carbocycles. The molecular weight excluding hydrogens is 316 g/mol. The van der Waals surface area contributed by atoms with Crippen molar-refractivity contribution in [2.24, 2.45) is 0 Å². The topological polar surface area (TPSA) is 54.0 Å². The summed E-state index contributed by atoms with van der Waals surface area (Å²) in [5.41, 5.74) is 0.828. The van der Waals surface area contributed by atoms with E-state index in [-0.39, 0.29) is 19.2 Å². The Morgan fingerprint density at radius 3 is 2.68 bits per heavy atom. The summed E-state index contributed by atoms with van der Waals surface area (Å²) < 4.78 is 21.8. The van der Waals surface area contributed by atoms with Crippen LogP contribution in [0.1, 0.15) is 12.5 Å². The van der Waals surface area contributed by atoms with Gasteiger partial charge in [-0.05, 0) is 19.1 Å². The zero-order valence-corrected chi connectivity index (χ0v) is 12.2. The summed E-state index contributed by atoms with van der Waals surface area (Å²) in [4.78, 5) is 11.4. The van der Waals surface area contributed by atoms with Gasteiger partial charge in [-0.1, -0.05) is 15.9 Å². The van der Waals surface area contributed by atoms with Gasteiger partial charge < -0.3 is 18.9 Å². The van der Waals surface area contributed by atoms with E-state index >= 15 is 0 Å². The van der Waals surface area contributed by atoms with Crippen LogP contribution in [0.15, 0.2) is 16.6 Å². The Morgan fingerprint density at radius 1 is 1.32 bits per heavy atom. The van der Waals surface area contributed by atoms with Gasteiger partial charge in [0.2, 0.25) is 0 Å². The normalized spacial score (nSPS) is 13.2. The minimum absolute atomic E-state index is 0.0291. The SMILES string of the molecule is CCOCC(=O)OCc1cc2c(cc1Br)OCCO2. The predicted octanol–water partition coefficient (Wildman–Crippen LogP) is 2.30. The van der Waals surface area contributed by atoms with Gasteiger partial charge in [0.15, 0.2) is 11.5 Å². The average molecular weight is 331 g/mol. The van der Waals surface area contributed by atoms with Crippen LogP contribution in [0, 0.1) is 0 Å². The van der Waals surface area contributed by atoms with Crippen LogP contribution in [0.5, 0.6) is 11.5 Å². The summed E-state index contributed by atoms with van der Waals surface area (Å²) in [6, 6.07) is 3.63. The number of carbonyl (C=O) groups excluding carboxylic acids is 1. The summed E-state index contributed by atoms with van der Waals surface area (Å²) in [5.74, 6) is 0.983. The van der Waals surface area contributed by atoms with Crippen LogP contribution in [0.25, 0.3) is 0 Å². The first kappa shape index (κ1) is 14.1. The van der Waals surface area contributed by atoms with Crippen molar-refractivity contribution in [2.45, 2.75) is 13.5 Å². The van der Waals surface area contributed by atoms with E-state index in [0.29, 0.717) is 31.3 Å². The van der Waals surface area contributed by atoms with Crippen molar-refractivity contribution in [2.75, 3.05) is 26.4 Å². The smallest absolute Gasteiger partial charge is 0.332 e. The van der Waals surface area contributed by atoms with Crippen LogP contribution in [-0.4, -0.2) is 32.4 Å². The van der Waals surface area contributed by atoms with Crippen molar-refractivity contribution in [3.05, 3.63) is 22.2 Å². The molecule has 0 saturated carbocycles. The number of benzene rings is 1. The molecule has 0 saturated heterocycles. The van der Waals surface area contributed by atoms with Crippen molar-refractivity contribution in [1.82, 2.24) is 0 Å². The van der Waals surface area contributed by atoms with Gasteiger partial charge in [0.05, 0.1) is 0 Å². The number of hydrogen-bond acceptors (Lipinski definition) is 5. The monoisotopic (exact) mass is 330 g/mol. The van der Waals surface area contributed by atoms with E-state index in [2.05, 4.69) is 15.9 Å². The van der Waals surface area contributed by atoms with Gasteiger partial charge in [-0.3, -0.25) is 0 Å². The molecule has 0 aromatic heterocycles. The predicted molar refractivity (Wildman–Crippen MR) is 71.4 cm³/mol. The van der Waals surface area contributed by atoms with E-state index in [4.69, 9.17) is 18.9 Å². The number of esters is 1. The highest BCUT2D eigenvalue weighted by Gasteiger charge is 2.15. The van der Waals surface area contributed by atoms with E-state index in [1.54, 1.807) is 0 Å². The lowest BCUT2D eigenvalue weighted by atomic mass is 10.2. The molecule has 1 aliphatic rings. The lowest BCUT2D eigenvalue weighted by Gasteiger charge is -2.19. The van der Waals surface area contributed by atoms with E-state index < -0.39 is 0 Å². The Morgan fingerprint density at radius 2 is 2.00 bits per heavy atom. The Kier molecular flexibility index (Phi) is 5.04. The second kappa shape index (κ2) is 6.77. The van der Waals surface area contributed by atoms with Gasteiger partial charge in [0.25, 0.3) is 0 Å². The van der Waals surface area contributed by atoms with Crippen LogP contribution >= 0.6 is 15.9 Å². The molecule has 104 valence electrons. The highest BCUT2D eigenvalue weighted by Crippen LogP contribution is 2.35. The van der Waals surface area contributed by atoms with Crippen LogP contribution in [-0.2, 0) is 20.9 Å². The quantitative estimate of drug-likeness (QED) is 0.775. The molecule has 19 heavy (non-hydrogen) atoms. The highest BCUT2D eigenvalue weighted by atomic mass is 79.9. The van der Waals surface area contributed by atoms with Crippen LogP contribution < -0.4 is 9.47 Å². The number of hydrogen-bond donors (Lipinski definition) is 0. The Balaban J connectivity index is 1.98. The number of carbonyl (C=O) groups is 1. The van der Waals surface area contributed by atoms with Gasteiger partial charge in [-0.25, -0.2) is 4.79 Å². The zero-order valence-electron chi connectivity index (χ0n) is 10.6. The third kappa shape index (κ3) is 3.84. The summed E-state index contributed by atoms with van der Waals surface area (Å²) >= 11 is 3.42. The highest BCUT2D eigenvalue weighted by molar-refractivity contribution is 9.10. The molecule has 1 heterocycles. The molecule has 0 atom stereocenters. The summed E-state index contributed by atoms with van der Waals surface area (Å²) in [6.07, 6.45) is 0. The number of ether oxygens (including phenoxy) is 4. The summed E-state index contributed by atoms with van der Waals surface area (Å²) in [6.45, 7) is 3.52. The first-order valence-electron chi connectivity index (χ1n) is 6.02. The third-order valence-electron chi connectivity index (χ3n) is 2.52. The van der Waals surface area contributed by atoms with Crippen LogP contribution in [0.2, 0.25) is 0 Å². The lowest BCUT2D eigenvalue weighted by Crippen LogP contribution is -2.16. The van der Waals surface area contributed by atoms with Crippen LogP contribution in [0.4, 0.5) is 0 Å². The minimum atomic E-state index is -0.386. The number of rotatable bonds is 5. The standard InChI is InChI=1S/C13H15BrO5/c1-2-16-8-13(15)19-7-9-5-11-12(6-10(9)14)18-4-3-17-11/h5-6H,2-4,7-8H2,1H3. The van der Waals surface area contributed by atoms with E-state index in [1.807, 2.05) is 19.1 Å². The second-order valence-electron chi connectivity index (χ2n) is 3.89. The summed E-state index contributed by atoms with van der Waals surface area (Å²) in [7, 11) is 0. The van der Waals surface area contributed by atoms with Crippen LogP contribution in [0.3, 0.4) is 0 Å². The zero-order chi connectivity index (χ0) is 13.7. The lowest BCUT2D eigenvalue weighted by molar-refractivity contribution is -0.150. The maximum Gasteiger partial charge on any atom is 0.332 e. The molecule has 1 aromatic carbocycles. The Hall–Kier alpha value is -1.27. The molecule has 0 bridgehead atoms. The maximum absolute atomic E-state index is 11.4. The maximum atomic E-state index is 11.4. The van der Waals surface area contributed by atoms with Crippen molar-refractivity contribution >= 4 is 21.9 Å². The van der Waals surface area contributed by atoms with Crippen molar-refractivity contribution < 1.29 is 23.7 Å². The third-order valence-corrected chi connectivity index (χ3v) is 3.26. The Bertz CT molecular complexity index is 461. The molecule has 0 amide bonds. The molecule has 1 aromatic rings. The number of fused-ring (bicyclic) bond motifs is 1. The largest absolute Gasteiger partial charge is 0.486 e. The van der Waals surface area contributed by atoms with Gasteiger partial charge in [0.1, 0.15) is 26.4 Å². The fraction of sp³-hybridized carbons (Fsp3) is 0.462. The summed E-state index contributed by atoms with van der Waals surface area (Å²) in [5, 5.41) is 0. The first-order chi connectivity index (χ1) is 9.20. The van der Waals surface area contributed by atoms with Gasteiger partial charge >= 0.3 is 5.97 Å². The van der Waals surface area contributed by atoms with Crippen molar-refractivity contribution in [3.63, 3.8) is 0 Å². The molecule has 5 nitrogen and oxygen atoms in total. The molecule has 0 radical (unpaired) electrons. The molecule has 2 rings (SSSR count). The molecule has 6 heteroatoms. The molecular formula is C13H15BrO5. The van der Waals surface area contributed by atoms with Crippen molar-refractivity contribution in [1.29, 1.82) is 0 Å². The Labute approximate surface area is 119 Å². The average Bonchev–Trinajstić information content (AvgIpc) is 2.42. The molecule has 0 fully saturated rings. The van der Waals surface area contributed by atoms with E-state index in [0.717, 1.165) is 10.0 Å². The second-order valence-corrected chi connectivity index (χ2v) is 4.74. The molecule has 1 aliphatic heterocycles. The van der Waals surface area contributed by atoms with E-state index in [9.17, 15) is 4.79 Å². The first-order valence-corrected chi connectivity index (χ1v) is 6.81. The van der Waals surface area contributed by atoms with E-state index in [1.165, 1.54) is 0 Å². The van der Waals surface area contributed by atoms with Gasteiger partial charge in [-0.15, -0.1) is 0 Å². The van der Waals surface area contributed by atoms with Crippen molar-refractivity contribution in [3.8, 4) is 11.5 Å². The molecule has 0 unspecified atom stereocenters. The fourth-order valence-electron chi connectivity index (χ4n) is 1.60. The number of halogens is 1. The minimum Gasteiger partial charge on any atom is -0.486 e. The van der Waals surface area contributed by atoms with Gasteiger partial charge in [0, 0.05) is 16.6 Å². The molecule has 0 spiro atoms. The fourth-order valence-corrected chi connectivity index (χ4v) is 2.04. The molecule has 0 N–H and O–H groups in total. The van der Waals surface area contributed by atoms with Gasteiger partial charge in [-0.2, -0.15) is 0 Å².